The molecule has 2 heterocycles. The molecule has 6 heteroatoms. The summed E-state index contributed by atoms with van der Waals surface area (Å²) in [6, 6.07) is 10.7. The monoisotopic (exact) mass is 315 g/mol. The molecule has 2 N–H and O–H groups in total. The van der Waals surface area contributed by atoms with Gasteiger partial charge in [0.15, 0.2) is 0 Å². The summed E-state index contributed by atoms with van der Waals surface area (Å²) in [6.45, 7) is 0.673. The third kappa shape index (κ3) is 4.04. The predicted molar refractivity (Wildman–Crippen MR) is 84.5 cm³/mol. The lowest BCUT2D eigenvalue weighted by atomic mass is 9.99. The molecule has 2 amide bonds. The number of carbonyl (C=O) groups excluding carboxylic acids is 1. The van der Waals surface area contributed by atoms with E-state index >= 15 is 0 Å². The van der Waals surface area contributed by atoms with Gasteiger partial charge in [-0.25, -0.2) is 14.2 Å². The summed E-state index contributed by atoms with van der Waals surface area (Å²) in [7, 11) is 0. The largest absolute Gasteiger partial charge is 0.376 e. The van der Waals surface area contributed by atoms with Crippen molar-refractivity contribution in [3.05, 3.63) is 60.0 Å². The second kappa shape index (κ2) is 7.19. The van der Waals surface area contributed by atoms with Crippen molar-refractivity contribution in [1.29, 1.82) is 0 Å². The van der Waals surface area contributed by atoms with Crippen molar-refractivity contribution in [3.63, 3.8) is 0 Å². The van der Waals surface area contributed by atoms with Crippen molar-refractivity contribution >= 4 is 11.8 Å². The Kier molecular flexibility index (Phi) is 4.83. The van der Waals surface area contributed by atoms with Gasteiger partial charge in [-0.3, -0.25) is 5.32 Å². The maximum Gasteiger partial charge on any atom is 0.320 e. The van der Waals surface area contributed by atoms with E-state index < -0.39 is 0 Å². The van der Waals surface area contributed by atoms with Crippen LogP contribution in [-0.2, 0) is 4.74 Å². The van der Waals surface area contributed by atoms with E-state index in [1.54, 1.807) is 36.5 Å². The highest BCUT2D eigenvalue weighted by molar-refractivity contribution is 5.88. The number of hydrogen-bond donors (Lipinski definition) is 2. The van der Waals surface area contributed by atoms with Crippen LogP contribution in [0.25, 0.3) is 0 Å². The predicted octanol–water partition coefficient (Wildman–Crippen LogP) is 3.26. The number of pyridine rings is 1. The van der Waals surface area contributed by atoms with E-state index in [9.17, 15) is 9.18 Å². The number of nitrogens with one attached hydrogen (secondary N) is 2. The first kappa shape index (κ1) is 15.4. The molecule has 0 saturated carbocycles. The summed E-state index contributed by atoms with van der Waals surface area (Å²) in [5, 5.41) is 5.59. The molecule has 0 radical (unpaired) electrons. The summed E-state index contributed by atoms with van der Waals surface area (Å²) in [5.74, 6) is 0.160. The highest BCUT2D eigenvalue weighted by atomic mass is 19.1. The molecular weight excluding hydrogens is 297 g/mol. The first-order valence-corrected chi connectivity index (χ1v) is 7.58. The van der Waals surface area contributed by atoms with Crippen molar-refractivity contribution in [2.24, 2.45) is 0 Å². The van der Waals surface area contributed by atoms with Gasteiger partial charge in [-0.15, -0.1) is 0 Å². The lowest BCUT2D eigenvalue weighted by Gasteiger charge is -2.24. The molecule has 5 nitrogen and oxygen atoms in total. The van der Waals surface area contributed by atoms with E-state index in [-0.39, 0.29) is 24.0 Å². The van der Waals surface area contributed by atoms with E-state index in [2.05, 4.69) is 15.6 Å². The van der Waals surface area contributed by atoms with Crippen LogP contribution in [0.3, 0.4) is 0 Å². The molecule has 0 aliphatic carbocycles. The SMILES string of the molecule is O=C(Nc1ccccn1)N[C@H](c1ccc(F)cc1)[C@@H]1CCCO1. The normalized spacial score (nSPS) is 18.4. The summed E-state index contributed by atoms with van der Waals surface area (Å²) >= 11 is 0. The Labute approximate surface area is 133 Å². The molecule has 3 rings (SSSR count). The lowest BCUT2D eigenvalue weighted by molar-refractivity contribution is 0.0815. The van der Waals surface area contributed by atoms with E-state index in [0.717, 1.165) is 18.4 Å². The number of amides is 2. The third-order valence-electron chi connectivity index (χ3n) is 3.76. The number of hydrogen-bond acceptors (Lipinski definition) is 3. The summed E-state index contributed by atoms with van der Waals surface area (Å²) in [5.41, 5.74) is 0.814. The van der Waals surface area contributed by atoms with Crippen LogP contribution in [0.5, 0.6) is 0 Å². The zero-order valence-electron chi connectivity index (χ0n) is 12.5. The molecule has 1 aromatic heterocycles. The van der Waals surface area contributed by atoms with Gasteiger partial charge in [0, 0.05) is 12.8 Å². The fourth-order valence-corrected chi connectivity index (χ4v) is 2.66. The van der Waals surface area contributed by atoms with Gasteiger partial charge in [0.2, 0.25) is 0 Å². The fourth-order valence-electron chi connectivity index (χ4n) is 2.66. The molecule has 0 bridgehead atoms. The number of ether oxygens (including phenoxy) is 1. The van der Waals surface area contributed by atoms with Crippen LogP contribution < -0.4 is 10.6 Å². The van der Waals surface area contributed by atoms with Crippen LogP contribution in [0.2, 0.25) is 0 Å². The molecule has 2 atom stereocenters. The maximum atomic E-state index is 13.1. The van der Waals surface area contributed by atoms with E-state index in [4.69, 9.17) is 4.74 Å². The van der Waals surface area contributed by atoms with Gasteiger partial charge in [0.1, 0.15) is 11.6 Å². The smallest absolute Gasteiger partial charge is 0.320 e. The van der Waals surface area contributed by atoms with Gasteiger partial charge < -0.3 is 10.1 Å². The topological polar surface area (TPSA) is 63.2 Å². The molecule has 1 fully saturated rings. The molecule has 120 valence electrons. The Balaban J connectivity index is 1.73. The summed E-state index contributed by atoms with van der Waals surface area (Å²) < 4.78 is 18.8. The average molecular weight is 315 g/mol. The summed E-state index contributed by atoms with van der Waals surface area (Å²) in [6.07, 6.45) is 3.29. The lowest BCUT2D eigenvalue weighted by Crippen LogP contribution is -2.38. The van der Waals surface area contributed by atoms with Crippen LogP contribution in [-0.4, -0.2) is 23.7 Å². The molecule has 2 aromatic rings. The van der Waals surface area contributed by atoms with Gasteiger partial charge in [0.05, 0.1) is 12.1 Å². The number of urea groups is 1. The van der Waals surface area contributed by atoms with Crippen molar-refractivity contribution < 1.29 is 13.9 Å². The first-order valence-electron chi connectivity index (χ1n) is 7.58. The van der Waals surface area contributed by atoms with Crippen LogP contribution >= 0.6 is 0 Å². The van der Waals surface area contributed by atoms with Crippen molar-refractivity contribution in [1.82, 2.24) is 10.3 Å². The highest BCUT2D eigenvalue weighted by Crippen LogP contribution is 2.27. The van der Waals surface area contributed by atoms with Gasteiger partial charge in [0.25, 0.3) is 0 Å². The minimum Gasteiger partial charge on any atom is -0.376 e. The number of carbonyl (C=O) groups is 1. The Bertz CT molecular complexity index is 643. The molecule has 1 aliphatic rings. The second-order valence-electron chi connectivity index (χ2n) is 5.39. The van der Waals surface area contributed by atoms with E-state index in [1.165, 1.54) is 12.1 Å². The average Bonchev–Trinajstić information content (AvgIpc) is 3.09. The van der Waals surface area contributed by atoms with Crippen LogP contribution in [0.4, 0.5) is 15.0 Å². The van der Waals surface area contributed by atoms with Gasteiger partial charge in [-0.2, -0.15) is 0 Å². The van der Waals surface area contributed by atoms with Gasteiger partial charge in [-0.05, 0) is 42.7 Å². The molecular formula is C17H18FN3O2. The molecule has 0 spiro atoms. The van der Waals surface area contributed by atoms with Gasteiger partial charge in [-0.1, -0.05) is 18.2 Å². The van der Waals surface area contributed by atoms with E-state index in [1.807, 2.05) is 0 Å². The Morgan fingerprint density at radius 3 is 2.74 bits per heavy atom. The maximum absolute atomic E-state index is 13.1. The number of nitrogens with zero attached hydrogens (tertiary/aromatic N) is 1. The quantitative estimate of drug-likeness (QED) is 0.910. The second-order valence-corrected chi connectivity index (χ2v) is 5.39. The number of benzene rings is 1. The Morgan fingerprint density at radius 1 is 1.26 bits per heavy atom. The third-order valence-corrected chi connectivity index (χ3v) is 3.76. The van der Waals surface area contributed by atoms with Crippen LogP contribution in [0.15, 0.2) is 48.7 Å². The number of halogens is 1. The molecule has 1 aliphatic heterocycles. The molecule has 23 heavy (non-hydrogen) atoms. The Hall–Kier alpha value is -2.47. The molecule has 1 saturated heterocycles. The first-order chi connectivity index (χ1) is 11.2. The van der Waals surface area contributed by atoms with E-state index in [0.29, 0.717) is 12.4 Å². The Morgan fingerprint density at radius 2 is 2.09 bits per heavy atom. The fraction of sp³-hybridized carbons (Fsp3) is 0.294. The van der Waals surface area contributed by atoms with Crippen LogP contribution in [0, 0.1) is 5.82 Å². The zero-order valence-corrected chi connectivity index (χ0v) is 12.5. The highest BCUT2D eigenvalue weighted by Gasteiger charge is 2.28. The number of aromatic nitrogens is 1. The number of anilines is 1. The molecule has 1 aromatic carbocycles. The van der Waals surface area contributed by atoms with Crippen molar-refractivity contribution in [2.75, 3.05) is 11.9 Å². The van der Waals surface area contributed by atoms with Gasteiger partial charge >= 0.3 is 6.03 Å². The number of rotatable bonds is 4. The zero-order chi connectivity index (χ0) is 16.1. The minimum atomic E-state index is -0.367. The van der Waals surface area contributed by atoms with Crippen molar-refractivity contribution in [2.45, 2.75) is 25.0 Å². The van der Waals surface area contributed by atoms with Crippen LogP contribution in [0.1, 0.15) is 24.4 Å². The summed E-state index contributed by atoms with van der Waals surface area (Å²) in [4.78, 5) is 16.3. The molecule has 0 unspecified atom stereocenters. The minimum absolute atomic E-state index is 0.116. The van der Waals surface area contributed by atoms with Crippen molar-refractivity contribution in [3.8, 4) is 0 Å². The standard InChI is InChI=1S/C17H18FN3O2/c18-13-8-6-12(7-9-13)16(14-4-3-11-23-14)21-17(22)20-15-5-1-2-10-19-15/h1-2,5-10,14,16H,3-4,11H2,(H2,19,20,21,22)/t14-,16+/m0/s1.